The molecule has 1 aliphatic heterocycles. The molecular formula is C19H19ClFN3O6S. The number of nitro groups is 1. The molecule has 1 amide bonds. The number of carbonyl (C=O) groups is 1. The van der Waals surface area contributed by atoms with Crippen molar-refractivity contribution in [3.63, 3.8) is 0 Å². The van der Waals surface area contributed by atoms with Crippen LogP contribution in [0.1, 0.15) is 24.2 Å². The van der Waals surface area contributed by atoms with Gasteiger partial charge in [0, 0.05) is 30.8 Å². The summed E-state index contributed by atoms with van der Waals surface area (Å²) in [6, 6.07) is 6.30. The molecule has 12 heteroatoms. The second-order valence-corrected chi connectivity index (χ2v) is 9.41. The second kappa shape index (κ2) is 8.87. The number of halogens is 2. The SMILES string of the molecule is CC1CN(S(=O)(=O)c2cc(C(=O)Nc3cc([N+](=O)[O-])ccc3F)ccc2Cl)CC(C)O1. The number of nitrogens with one attached hydrogen (secondary N) is 1. The maximum atomic E-state index is 14.0. The van der Waals surface area contributed by atoms with Crippen molar-refractivity contribution in [2.24, 2.45) is 0 Å². The van der Waals surface area contributed by atoms with Crippen LogP contribution in [0.2, 0.25) is 5.02 Å². The van der Waals surface area contributed by atoms with E-state index in [4.69, 9.17) is 16.3 Å². The monoisotopic (exact) mass is 471 g/mol. The van der Waals surface area contributed by atoms with Gasteiger partial charge in [0.2, 0.25) is 10.0 Å². The molecule has 0 aliphatic carbocycles. The van der Waals surface area contributed by atoms with Gasteiger partial charge in [-0.25, -0.2) is 12.8 Å². The van der Waals surface area contributed by atoms with Crippen molar-refractivity contribution < 1.29 is 27.3 Å². The Bertz CT molecular complexity index is 1130. The Labute approximate surface area is 183 Å². The molecule has 0 radical (unpaired) electrons. The molecule has 2 unspecified atom stereocenters. The number of ether oxygens (including phenoxy) is 1. The van der Waals surface area contributed by atoms with Crippen LogP contribution >= 0.6 is 11.6 Å². The number of hydrogen-bond acceptors (Lipinski definition) is 6. The summed E-state index contributed by atoms with van der Waals surface area (Å²) in [6.45, 7) is 3.74. The highest BCUT2D eigenvalue weighted by atomic mass is 35.5. The predicted octanol–water partition coefficient (Wildman–Crippen LogP) is 3.44. The zero-order valence-electron chi connectivity index (χ0n) is 16.5. The van der Waals surface area contributed by atoms with Gasteiger partial charge >= 0.3 is 0 Å². The van der Waals surface area contributed by atoms with Gasteiger partial charge in [0.1, 0.15) is 10.7 Å². The van der Waals surface area contributed by atoms with Crippen molar-refractivity contribution in [3.05, 3.63) is 62.9 Å². The molecular weight excluding hydrogens is 453 g/mol. The van der Waals surface area contributed by atoms with E-state index in [2.05, 4.69) is 5.32 Å². The number of rotatable bonds is 5. The fraction of sp³-hybridized carbons (Fsp3) is 0.316. The van der Waals surface area contributed by atoms with E-state index in [1.165, 1.54) is 16.4 Å². The van der Waals surface area contributed by atoms with Crippen molar-refractivity contribution in [2.75, 3.05) is 18.4 Å². The summed E-state index contributed by atoms with van der Waals surface area (Å²) in [5.41, 5.74) is -0.927. The molecule has 1 fully saturated rings. The van der Waals surface area contributed by atoms with Gasteiger partial charge in [-0.15, -0.1) is 0 Å². The van der Waals surface area contributed by atoms with Crippen LogP contribution in [0.4, 0.5) is 15.8 Å². The molecule has 0 saturated carbocycles. The number of morpholine rings is 1. The third kappa shape index (κ3) is 5.01. The second-order valence-electron chi connectivity index (χ2n) is 7.10. The van der Waals surface area contributed by atoms with E-state index in [1.54, 1.807) is 13.8 Å². The molecule has 0 bridgehead atoms. The summed E-state index contributed by atoms with van der Waals surface area (Å²) >= 11 is 6.11. The first-order valence-corrected chi connectivity index (χ1v) is 11.0. The number of carbonyl (C=O) groups excluding carboxylic acids is 1. The Kier molecular flexibility index (Phi) is 6.60. The van der Waals surface area contributed by atoms with Gasteiger partial charge in [-0.3, -0.25) is 14.9 Å². The largest absolute Gasteiger partial charge is 0.373 e. The van der Waals surface area contributed by atoms with Gasteiger partial charge in [0.05, 0.1) is 27.8 Å². The quantitative estimate of drug-likeness (QED) is 0.527. The normalized spacial score (nSPS) is 19.7. The van der Waals surface area contributed by atoms with Crippen LogP contribution in [0.3, 0.4) is 0 Å². The predicted molar refractivity (Wildman–Crippen MR) is 111 cm³/mol. The van der Waals surface area contributed by atoms with E-state index in [0.717, 1.165) is 24.3 Å². The molecule has 2 atom stereocenters. The Hall–Kier alpha value is -2.60. The third-order valence-corrected chi connectivity index (χ3v) is 6.92. The Balaban J connectivity index is 1.91. The van der Waals surface area contributed by atoms with Crippen LogP contribution in [0, 0.1) is 15.9 Å². The zero-order valence-corrected chi connectivity index (χ0v) is 18.1. The topological polar surface area (TPSA) is 119 Å². The highest BCUT2D eigenvalue weighted by Crippen LogP contribution is 2.29. The van der Waals surface area contributed by atoms with E-state index >= 15 is 0 Å². The highest BCUT2D eigenvalue weighted by Gasteiger charge is 2.34. The molecule has 166 valence electrons. The lowest BCUT2D eigenvalue weighted by Crippen LogP contribution is -2.48. The average molecular weight is 472 g/mol. The first-order valence-electron chi connectivity index (χ1n) is 9.19. The molecule has 0 spiro atoms. The number of nitrogens with zero attached hydrogens (tertiary/aromatic N) is 2. The molecule has 1 heterocycles. The molecule has 31 heavy (non-hydrogen) atoms. The van der Waals surface area contributed by atoms with Crippen LogP contribution in [0.15, 0.2) is 41.3 Å². The number of benzene rings is 2. The lowest BCUT2D eigenvalue weighted by molar-refractivity contribution is -0.384. The van der Waals surface area contributed by atoms with Gasteiger partial charge in [0.15, 0.2) is 0 Å². The first kappa shape index (κ1) is 23.1. The Morgan fingerprint density at radius 2 is 1.87 bits per heavy atom. The fourth-order valence-electron chi connectivity index (χ4n) is 3.23. The lowest BCUT2D eigenvalue weighted by atomic mass is 10.2. The Morgan fingerprint density at radius 1 is 1.23 bits per heavy atom. The molecule has 2 aromatic rings. The number of anilines is 1. The maximum Gasteiger partial charge on any atom is 0.271 e. The van der Waals surface area contributed by atoms with Crippen molar-refractivity contribution >= 4 is 38.9 Å². The van der Waals surface area contributed by atoms with E-state index in [-0.39, 0.29) is 40.8 Å². The van der Waals surface area contributed by atoms with Gasteiger partial charge in [-0.1, -0.05) is 11.6 Å². The van der Waals surface area contributed by atoms with E-state index in [1.807, 2.05) is 0 Å². The average Bonchev–Trinajstić information content (AvgIpc) is 2.68. The van der Waals surface area contributed by atoms with Crippen LogP contribution in [-0.4, -0.2) is 48.9 Å². The van der Waals surface area contributed by atoms with Gasteiger partial charge in [0.25, 0.3) is 11.6 Å². The summed E-state index contributed by atoms with van der Waals surface area (Å²) in [6.07, 6.45) is -0.638. The van der Waals surface area contributed by atoms with Gasteiger partial charge in [-0.05, 0) is 38.1 Å². The van der Waals surface area contributed by atoms with Gasteiger partial charge < -0.3 is 10.1 Å². The van der Waals surface area contributed by atoms with Crippen molar-refractivity contribution in [2.45, 2.75) is 31.0 Å². The van der Waals surface area contributed by atoms with Crippen molar-refractivity contribution in [1.82, 2.24) is 4.31 Å². The van der Waals surface area contributed by atoms with E-state index in [0.29, 0.717) is 0 Å². The minimum atomic E-state index is -4.04. The first-order chi connectivity index (χ1) is 14.5. The number of amides is 1. The summed E-state index contributed by atoms with van der Waals surface area (Å²) in [4.78, 5) is 22.5. The molecule has 2 aromatic carbocycles. The summed E-state index contributed by atoms with van der Waals surface area (Å²) in [5.74, 6) is -1.73. The summed E-state index contributed by atoms with van der Waals surface area (Å²) in [5, 5.41) is 13.0. The third-order valence-electron chi connectivity index (χ3n) is 4.61. The molecule has 0 aromatic heterocycles. The van der Waals surface area contributed by atoms with Crippen molar-refractivity contribution in [1.29, 1.82) is 0 Å². The Morgan fingerprint density at radius 3 is 2.48 bits per heavy atom. The van der Waals surface area contributed by atoms with E-state index in [9.17, 15) is 27.7 Å². The van der Waals surface area contributed by atoms with E-state index < -0.39 is 38.0 Å². The molecule has 3 rings (SSSR count). The van der Waals surface area contributed by atoms with Crippen LogP contribution in [0.5, 0.6) is 0 Å². The molecule has 1 aliphatic rings. The fourth-order valence-corrected chi connectivity index (χ4v) is 5.32. The minimum absolute atomic E-state index is 0.0788. The highest BCUT2D eigenvalue weighted by molar-refractivity contribution is 7.89. The minimum Gasteiger partial charge on any atom is -0.373 e. The van der Waals surface area contributed by atoms with Crippen LogP contribution in [0.25, 0.3) is 0 Å². The molecule has 1 saturated heterocycles. The molecule has 1 N–H and O–H groups in total. The van der Waals surface area contributed by atoms with Crippen molar-refractivity contribution in [3.8, 4) is 0 Å². The molecule has 9 nitrogen and oxygen atoms in total. The van der Waals surface area contributed by atoms with Gasteiger partial charge in [-0.2, -0.15) is 4.31 Å². The standard InChI is InChI=1S/C19H19ClFN3O6S/c1-11-9-23(10-12(2)30-11)31(28,29)18-7-13(3-5-15(18)20)19(25)22-17-8-14(24(26)27)4-6-16(17)21/h3-8,11-12H,9-10H2,1-2H3,(H,22,25). The number of hydrogen-bond donors (Lipinski definition) is 1. The number of non-ortho nitro benzene ring substituents is 1. The lowest BCUT2D eigenvalue weighted by Gasteiger charge is -2.34. The smallest absolute Gasteiger partial charge is 0.271 e. The maximum absolute atomic E-state index is 14.0. The van der Waals surface area contributed by atoms with Crippen LogP contribution in [-0.2, 0) is 14.8 Å². The summed E-state index contributed by atoms with van der Waals surface area (Å²) < 4.78 is 47.0. The number of nitro benzene ring substituents is 1. The zero-order chi connectivity index (χ0) is 22.9. The number of sulfonamides is 1. The summed E-state index contributed by atoms with van der Waals surface area (Å²) in [7, 11) is -4.04. The van der Waals surface area contributed by atoms with Crippen LogP contribution < -0.4 is 5.32 Å².